The second-order valence-corrected chi connectivity index (χ2v) is 6.96. The predicted octanol–water partition coefficient (Wildman–Crippen LogP) is 1.02. The molecule has 9 nitrogen and oxygen atoms in total. The maximum Gasteiger partial charge on any atom is 0.466 e. The minimum Gasteiger partial charge on any atom is -0.448 e. The van der Waals surface area contributed by atoms with Gasteiger partial charge in [-0.2, -0.15) is 17.2 Å². The number of alkyl halides is 2. The van der Waals surface area contributed by atoms with Crippen molar-refractivity contribution in [3.8, 4) is 11.5 Å². The molecular formula is C12H8F2O9S. The van der Waals surface area contributed by atoms with E-state index in [0.717, 1.165) is 0 Å². The maximum atomic E-state index is 13.3. The van der Waals surface area contributed by atoms with Gasteiger partial charge in [-0.25, -0.2) is 9.59 Å². The summed E-state index contributed by atoms with van der Waals surface area (Å²) in [6, 6.07) is 0. The molecule has 1 aliphatic heterocycles. The highest BCUT2D eigenvalue weighted by molar-refractivity contribution is 7.87. The van der Waals surface area contributed by atoms with Gasteiger partial charge in [0.05, 0.1) is 5.60 Å². The Hall–Kier alpha value is -2.31. The summed E-state index contributed by atoms with van der Waals surface area (Å²) in [7, 11) is -6.08. The largest absolute Gasteiger partial charge is 0.466 e. The van der Waals surface area contributed by atoms with Gasteiger partial charge >= 0.3 is 27.3 Å². The molecule has 130 valence electrons. The van der Waals surface area contributed by atoms with E-state index in [4.69, 9.17) is 13.7 Å². The van der Waals surface area contributed by atoms with Gasteiger partial charge in [-0.15, -0.1) is 0 Å². The lowest BCUT2D eigenvalue weighted by Gasteiger charge is -2.17. The number of benzene rings is 1. The second-order valence-electron chi connectivity index (χ2n) is 5.50. The molecule has 3 heterocycles. The molecule has 0 aromatic carbocycles. The Labute approximate surface area is 131 Å². The van der Waals surface area contributed by atoms with Crippen LogP contribution in [0.1, 0.15) is 29.8 Å². The molecule has 3 rings (SSSR count). The third kappa shape index (κ3) is 2.00. The molecule has 2 aromatic heterocycles. The van der Waals surface area contributed by atoms with Crippen LogP contribution in [0.4, 0.5) is 8.78 Å². The molecule has 2 bridgehead atoms. The molecule has 0 fully saturated rings. The van der Waals surface area contributed by atoms with Crippen LogP contribution in [-0.2, 0) is 20.5 Å². The van der Waals surface area contributed by atoms with Crippen molar-refractivity contribution in [2.45, 2.75) is 24.7 Å². The average Bonchev–Trinajstić information content (AvgIpc) is 2.99. The van der Waals surface area contributed by atoms with E-state index in [9.17, 15) is 31.9 Å². The number of carbonyl (C=O) groups excluding carboxylic acids is 2. The molecule has 0 aliphatic carbocycles. The summed E-state index contributed by atoms with van der Waals surface area (Å²) in [6.07, 6.45) is 0. The molecule has 12 heteroatoms. The van der Waals surface area contributed by atoms with Crippen LogP contribution in [0.25, 0.3) is 11.2 Å². The Morgan fingerprint density at radius 1 is 1.25 bits per heavy atom. The standard InChI is InChI=1S/C12H8F2O9S/c1-11(2,17)4-3-5-7(22-9(3)15)8(6(4)21-5)23-10(16)12(13,14)24(18,19)20/h17H,1-2H3,(H,18,19,20). The number of hydrogen-bond donors (Lipinski definition) is 2. The zero-order valence-electron chi connectivity index (χ0n) is 11.9. The number of carbonyl (C=O) groups is 2. The summed E-state index contributed by atoms with van der Waals surface area (Å²) in [4.78, 5) is 23.2. The lowest BCUT2D eigenvalue weighted by atomic mass is 9.93. The summed E-state index contributed by atoms with van der Waals surface area (Å²) < 4.78 is 70.3. The zero-order chi connectivity index (χ0) is 18.2. The predicted molar refractivity (Wildman–Crippen MR) is 69.7 cm³/mol. The Balaban J connectivity index is 2.12. The lowest BCUT2D eigenvalue weighted by Crippen LogP contribution is -2.40. The summed E-state index contributed by atoms with van der Waals surface area (Å²) in [5.41, 5.74) is -2.65. The highest BCUT2D eigenvalue weighted by Crippen LogP contribution is 2.54. The number of hydrogen-bond acceptors (Lipinski definition) is 8. The van der Waals surface area contributed by atoms with Crippen LogP contribution in [-0.4, -0.2) is 35.3 Å². The van der Waals surface area contributed by atoms with E-state index in [0.29, 0.717) is 0 Å². The van der Waals surface area contributed by atoms with Gasteiger partial charge in [0.1, 0.15) is 5.56 Å². The van der Waals surface area contributed by atoms with Gasteiger partial charge in [-0.1, -0.05) is 0 Å². The van der Waals surface area contributed by atoms with E-state index in [1.165, 1.54) is 13.8 Å². The first-order valence-corrected chi connectivity index (χ1v) is 7.64. The van der Waals surface area contributed by atoms with Crippen molar-refractivity contribution >= 4 is 33.2 Å². The van der Waals surface area contributed by atoms with E-state index in [1.54, 1.807) is 0 Å². The molecule has 1 aliphatic rings. The van der Waals surface area contributed by atoms with Gasteiger partial charge in [0, 0.05) is 5.56 Å². The molecule has 0 saturated carbocycles. The topological polar surface area (TPSA) is 140 Å². The van der Waals surface area contributed by atoms with Gasteiger partial charge in [0.2, 0.25) is 11.5 Å². The lowest BCUT2D eigenvalue weighted by molar-refractivity contribution is -0.151. The number of fused-ring (bicyclic) bond motifs is 1. The first-order valence-electron chi connectivity index (χ1n) is 6.20. The molecule has 2 N–H and O–H groups in total. The Morgan fingerprint density at radius 3 is 2.33 bits per heavy atom. The minimum atomic E-state index is -6.08. The van der Waals surface area contributed by atoms with Crippen molar-refractivity contribution in [2.75, 3.05) is 0 Å². The van der Waals surface area contributed by atoms with Crippen molar-refractivity contribution in [3.05, 3.63) is 11.1 Å². The molecule has 0 spiro atoms. The SMILES string of the molecule is CC(C)(O)c1c2c3oc1c(OC(=O)C(F)(F)S(=O)(=O)O)c3OC2=O. The van der Waals surface area contributed by atoms with E-state index >= 15 is 0 Å². The number of esters is 2. The van der Waals surface area contributed by atoms with Crippen LogP contribution in [0.15, 0.2) is 4.42 Å². The number of aliphatic hydroxyl groups is 1. The quantitative estimate of drug-likeness (QED) is 0.461. The molecule has 24 heavy (non-hydrogen) atoms. The fourth-order valence-corrected chi connectivity index (χ4v) is 2.57. The van der Waals surface area contributed by atoms with E-state index in [2.05, 4.69) is 4.74 Å². The highest BCUT2D eigenvalue weighted by Gasteiger charge is 2.56. The van der Waals surface area contributed by atoms with Gasteiger partial charge in [0.25, 0.3) is 0 Å². The number of rotatable bonds is 4. The Morgan fingerprint density at radius 2 is 1.83 bits per heavy atom. The second kappa shape index (κ2) is 4.40. The van der Waals surface area contributed by atoms with E-state index in [-0.39, 0.29) is 16.7 Å². The molecule has 0 radical (unpaired) electrons. The molecule has 0 unspecified atom stereocenters. The fourth-order valence-electron chi connectivity index (χ4n) is 2.32. The fraction of sp³-hybridized carbons (Fsp3) is 0.333. The smallest absolute Gasteiger partial charge is 0.448 e. The molecule has 0 amide bonds. The minimum absolute atomic E-state index is 0.145. The summed E-state index contributed by atoms with van der Waals surface area (Å²) in [5.74, 6) is -4.86. The number of halogens is 2. The van der Waals surface area contributed by atoms with Crippen molar-refractivity contribution in [2.24, 2.45) is 0 Å². The van der Waals surface area contributed by atoms with Crippen LogP contribution in [0.5, 0.6) is 11.5 Å². The van der Waals surface area contributed by atoms with Crippen molar-refractivity contribution in [1.82, 2.24) is 0 Å². The third-order valence-corrected chi connectivity index (χ3v) is 4.11. The monoisotopic (exact) mass is 366 g/mol. The van der Waals surface area contributed by atoms with Crippen LogP contribution >= 0.6 is 0 Å². The van der Waals surface area contributed by atoms with Gasteiger partial charge in [0.15, 0.2) is 11.2 Å². The Kier molecular flexibility index (Phi) is 3.03. The van der Waals surface area contributed by atoms with E-state index < -0.39 is 50.0 Å². The molecular weight excluding hydrogens is 358 g/mol. The van der Waals surface area contributed by atoms with Crippen molar-refractivity contribution in [3.63, 3.8) is 0 Å². The molecule has 0 atom stereocenters. The normalized spacial score (nSPS) is 15.2. The first kappa shape index (κ1) is 16.5. The van der Waals surface area contributed by atoms with Gasteiger partial charge in [-0.05, 0) is 13.8 Å². The van der Waals surface area contributed by atoms with Crippen LogP contribution in [0.3, 0.4) is 0 Å². The van der Waals surface area contributed by atoms with Crippen LogP contribution in [0, 0.1) is 0 Å². The molecule has 0 saturated heterocycles. The average molecular weight is 366 g/mol. The van der Waals surface area contributed by atoms with Gasteiger partial charge < -0.3 is 19.0 Å². The zero-order valence-corrected chi connectivity index (χ0v) is 12.7. The molecule has 2 aromatic rings. The number of furan rings is 2. The number of ether oxygens (including phenoxy) is 2. The summed E-state index contributed by atoms with van der Waals surface area (Å²) >= 11 is 0. The first-order chi connectivity index (χ1) is 10.8. The van der Waals surface area contributed by atoms with E-state index in [1.807, 2.05) is 0 Å². The highest BCUT2D eigenvalue weighted by atomic mass is 32.2. The Bertz CT molecular complexity index is 980. The van der Waals surface area contributed by atoms with Crippen LogP contribution in [0.2, 0.25) is 0 Å². The summed E-state index contributed by atoms with van der Waals surface area (Å²) in [5, 5.41) is 4.84. The third-order valence-electron chi connectivity index (χ3n) is 3.29. The van der Waals surface area contributed by atoms with Crippen molar-refractivity contribution in [1.29, 1.82) is 0 Å². The maximum absolute atomic E-state index is 13.3. The van der Waals surface area contributed by atoms with Crippen LogP contribution < -0.4 is 9.47 Å². The van der Waals surface area contributed by atoms with Crippen molar-refractivity contribution < 1.29 is 50.3 Å². The summed E-state index contributed by atoms with van der Waals surface area (Å²) in [6.45, 7) is 2.51. The van der Waals surface area contributed by atoms with Gasteiger partial charge in [-0.3, -0.25) is 4.55 Å².